The number of rotatable bonds is 7. The summed E-state index contributed by atoms with van der Waals surface area (Å²) in [4.78, 5) is 22.8. The van der Waals surface area contributed by atoms with Gasteiger partial charge in [0.05, 0.1) is 6.61 Å². The molecule has 0 fully saturated rings. The number of nitrogens with one attached hydrogen (secondary N) is 2. The molecule has 144 valence electrons. The number of halogens is 3. The molecule has 0 saturated heterocycles. The third kappa shape index (κ3) is 6.21. The van der Waals surface area contributed by atoms with E-state index >= 15 is 0 Å². The van der Waals surface area contributed by atoms with Crippen molar-refractivity contribution in [2.45, 2.75) is 13.1 Å². The van der Waals surface area contributed by atoms with Crippen LogP contribution in [0.2, 0.25) is 0 Å². The molecule has 0 unspecified atom stereocenters. The minimum atomic E-state index is -4.97. The maximum atomic E-state index is 12.2. The highest BCUT2D eigenvalue weighted by molar-refractivity contribution is 5.95. The van der Waals surface area contributed by atoms with Crippen molar-refractivity contribution in [3.63, 3.8) is 0 Å². The Labute approximate surface area is 153 Å². The lowest BCUT2D eigenvalue weighted by Crippen LogP contribution is -2.29. The molecule has 0 aromatic heterocycles. The molecule has 0 atom stereocenters. The lowest BCUT2D eigenvalue weighted by Gasteiger charge is -2.12. The van der Waals surface area contributed by atoms with Crippen LogP contribution >= 0.6 is 0 Å². The zero-order valence-corrected chi connectivity index (χ0v) is 14.3. The van der Waals surface area contributed by atoms with Crippen LogP contribution in [0.1, 0.15) is 6.92 Å². The fourth-order valence-corrected chi connectivity index (χ4v) is 2.02. The summed E-state index contributed by atoms with van der Waals surface area (Å²) in [7, 11) is 0. The molecule has 0 aliphatic heterocycles. The van der Waals surface area contributed by atoms with Crippen molar-refractivity contribution >= 4 is 23.2 Å². The van der Waals surface area contributed by atoms with Crippen molar-refractivity contribution in [1.29, 1.82) is 0 Å². The van der Waals surface area contributed by atoms with E-state index in [-0.39, 0.29) is 12.3 Å². The molecule has 2 aromatic carbocycles. The molecular formula is C18H17F3N2O4. The summed E-state index contributed by atoms with van der Waals surface area (Å²) in [5.74, 6) is -1.61. The molecule has 2 amide bonds. The number of ether oxygens (including phenoxy) is 2. The molecule has 0 aliphatic carbocycles. The van der Waals surface area contributed by atoms with Crippen molar-refractivity contribution in [2.75, 3.05) is 23.8 Å². The number of hydrogen-bond donors (Lipinski definition) is 2. The van der Waals surface area contributed by atoms with E-state index in [1.165, 1.54) is 24.3 Å². The standard InChI is InChI=1S/C18H17F3N2O4/c1-2-26-14-5-3-4-6-15(14)27-11-16(24)22-12-7-9-13(10-8-12)23-17(25)18(19,20)21/h3-10H,2,11H2,1H3,(H,22,24)(H,23,25). The van der Waals surface area contributed by atoms with Crippen LogP contribution in [0.3, 0.4) is 0 Å². The van der Waals surface area contributed by atoms with Gasteiger partial charge in [0.25, 0.3) is 5.91 Å². The molecule has 0 radical (unpaired) electrons. The molecule has 0 spiro atoms. The summed E-state index contributed by atoms with van der Waals surface area (Å²) in [6.45, 7) is 1.99. The van der Waals surface area contributed by atoms with Crippen molar-refractivity contribution in [3.8, 4) is 11.5 Å². The van der Waals surface area contributed by atoms with E-state index in [1.54, 1.807) is 29.6 Å². The largest absolute Gasteiger partial charge is 0.490 e. The first-order valence-electron chi connectivity index (χ1n) is 7.92. The van der Waals surface area contributed by atoms with Gasteiger partial charge in [-0.2, -0.15) is 13.2 Å². The molecule has 2 rings (SSSR count). The minimum absolute atomic E-state index is 0.0442. The van der Waals surface area contributed by atoms with Crippen LogP contribution in [0.25, 0.3) is 0 Å². The van der Waals surface area contributed by atoms with Crippen LogP contribution in [-0.4, -0.2) is 31.2 Å². The van der Waals surface area contributed by atoms with Gasteiger partial charge in [-0.1, -0.05) is 12.1 Å². The number of alkyl halides is 3. The van der Waals surface area contributed by atoms with E-state index < -0.39 is 18.0 Å². The third-order valence-electron chi connectivity index (χ3n) is 3.19. The maximum Gasteiger partial charge on any atom is 0.471 e. The number of amides is 2. The number of carbonyl (C=O) groups is 2. The van der Waals surface area contributed by atoms with Gasteiger partial charge < -0.3 is 20.1 Å². The Morgan fingerprint density at radius 2 is 1.41 bits per heavy atom. The van der Waals surface area contributed by atoms with Crippen LogP contribution in [0.15, 0.2) is 48.5 Å². The summed E-state index contributed by atoms with van der Waals surface area (Å²) < 4.78 is 47.4. The molecule has 0 heterocycles. The quantitative estimate of drug-likeness (QED) is 0.767. The van der Waals surface area contributed by atoms with Crippen molar-refractivity contribution < 1.29 is 32.2 Å². The number of anilines is 2. The van der Waals surface area contributed by atoms with E-state index in [2.05, 4.69) is 5.32 Å². The summed E-state index contributed by atoms with van der Waals surface area (Å²) >= 11 is 0. The normalized spacial score (nSPS) is 10.8. The zero-order valence-electron chi connectivity index (χ0n) is 14.3. The Hall–Kier alpha value is -3.23. The van der Waals surface area contributed by atoms with Gasteiger partial charge in [0.15, 0.2) is 18.1 Å². The number of para-hydroxylation sites is 2. The molecule has 0 aliphatic rings. The van der Waals surface area contributed by atoms with Crippen molar-refractivity contribution in [3.05, 3.63) is 48.5 Å². The Morgan fingerprint density at radius 3 is 1.93 bits per heavy atom. The highest BCUT2D eigenvalue weighted by Gasteiger charge is 2.38. The van der Waals surface area contributed by atoms with Crippen LogP contribution in [-0.2, 0) is 9.59 Å². The molecule has 6 nitrogen and oxygen atoms in total. The van der Waals surface area contributed by atoms with Gasteiger partial charge in [0.2, 0.25) is 0 Å². The van der Waals surface area contributed by atoms with Crippen LogP contribution in [0.4, 0.5) is 24.5 Å². The van der Waals surface area contributed by atoms with E-state index in [0.717, 1.165) is 0 Å². The van der Waals surface area contributed by atoms with Crippen LogP contribution in [0.5, 0.6) is 11.5 Å². The second kappa shape index (κ2) is 8.93. The van der Waals surface area contributed by atoms with E-state index in [1.807, 2.05) is 6.92 Å². The Morgan fingerprint density at radius 1 is 0.889 bits per heavy atom. The second-order valence-corrected chi connectivity index (χ2v) is 5.25. The summed E-state index contributed by atoms with van der Waals surface area (Å²) in [5, 5.41) is 4.25. The predicted molar refractivity (Wildman–Crippen MR) is 92.9 cm³/mol. The first-order valence-corrected chi connectivity index (χ1v) is 7.92. The van der Waals surface area contributed by atoms with E-state index in [0.29, 0.717) is 23.8 Å². The molecule has 2 N–H and O–H groups in total. The van der Waals surface area contributed by atoms with Crippen LogP contribution in [0, 0.1) is 0 Å². The Bertz CT molecular complexity index is 792. The van der Waals surface area contributed by atoms with Gasteiger partial charge in [0.1, 0.15) is 0 Å². The second-order valence-electron chi connectivity index (χ2n) is 5.25. The highest BCUT2D eigenvalue weighted by atomic mass is 19.4. The lowest BCUT2D eigenvalue weighted by molar-refractivity contribution is -0.167. The Kier molecular flexibility index (Phi) is 6.64. The van der Waals surface area contributed by atoms with Gasteiger partial charge in [-0.05, 0) is 43.3 Å². The summed E-state index contributed by atoms with van der Waals surface area (Å²) in [6, 6.07) is 12.1. The maximum absolute atomic E-state index is 12.2. The predicted octanol–water partition coefficient (Wildman–Crippen LogP) is 3.60. The van der Waals surface area contributed by atoms with Gasteiger partial charge in [0, 0.05) is 11.4 Å². The van der Waals surface area contributed by atoms with Crippen molar-refractivity contribution in [1.82, 2.24) is 0 Å². The first-order chi connectivity index (χ1) is 12.8. The molecule has 0 bridgehead atoms. The van der Waals surface area contributed by atoms with Crippen molar-refractivity contribution in [2.24, 2.45) is 0 Å². The molecule has 0 saturated carbocycles. The average molecular weight is 382 g/mol. The number of carbonyl (C=O) groups excluding carboxylic acids is 2. The fraction of sp³-hybridized carbons (Fsp3) is 0.222. The lowest BCUT2D eigenvalue weighted by atomic mass is 10.2. The highest BCUT2D eigenvalue weighted by Crippen LogP contribution is 2.26. The third-order valence-corrected chi connectivity index (χ3v) is 3.19. The smallest absolute Gasteiger partial charge is 0.471 e. The van der Waals surface area contributed by atoms with Gasteiger partial charge in [-0.3, -0.25) is 9.59 Å². The minimum Gasteiger partial charge on any atom is -0.490 e. The Balaban J connectivity index is 1.88. The van der Waals surface area contributed by atoms with Gasteiger partial charge in [-0.15, -0.1) is 0 Å². The first kappa shape index (κ1) is 20.1. The molecule has 2 aromatic rings. The molecule has 9 heteroatoms. The SMILES string of the molecule is CCOc1ccccc1OCC(=O)Nc1ccc(NC(=O)C(F)(F)F)cc1. The zero-order chi connectivity index (χ0) is 19.9. The summed E-state index contributed by atoms with van der Waals surface area (Å²) in [6.07, 6.45) is -4.97. The van der Waals surface area contributed by atoms with E-state index in [4.69, 9.17) is 9.47 Å². The van der Waals surface area contributed by atoms with Crippen LogP contribution < -0.4 is 20.1 Å². The molecular weight excluding hydrogens is 365 g/mol. The average Bonchev–Trinajstić information content (AvgIpc) is 2.62. The monoisotopic (exact) mass is 382 g/mol. The number of hydrogen-bond acceptors (Lipinski definition) is 4. The molecule has 27 heavy (non-hydrogen) atoms. The van der Waals surface area contributed by atoms with E-state index in [9.17, 15) is 22.8 Å². The summed E-state index contributed by atoms with van der Waals surface area (Å²) in [5.41, 5.74) is 0.295. The van der Waals surface area contributed by atoms with Gasteiger partial charge in [-0.25, -0.2) is 0 Å². The fourth-order valence-electron chi connectivity index (χ4n) is 2.02. The van der Waals surface area contributed by atoms with Gasteiger partial charge >= 0.3 is 12.1 Å². The topological polar surface area (TPSA) is 76.7 Å². The number of benzene rings is 2.